The Balaban J connectivity index is 1.51. The monoisotopic (exact) mass is 588 g/mol. The van der Waals surface area contributed by atoms with Crippen LogP contribution in [0.3, 0.4) is 0 Å². The van der Waals surface area contributed by atoms with Crippen molar-refractivity contribution in [2.45, 2.75) is 50.0 Å². The van der Waals surface area contributed by atoms with E-state index in [1.807, 2.05) is 60.7 Å². The molecule has 0 atom stereocenters. The molecule has 41 heavy (non-hydrogen) atoms. The van der Waals surface area contributed by atoms with Crippen molar-refractivity contribution in [3.05, 3.63) is 101 Å². The Bertz CT molecular complexity index is 1680. The molecule has 0 spiro atoms. The minimum absolute atomic E-state index is 0.0536. The van der Waals surface area contributed by atoms with Gasteiger partial charge in [0, 0.05) is 49.6 Å². The molecule has 5 aromatic rings. The van der Waals surface area contributed by atoms with Gasteiger partial charge in [0.15, 0.2) is 0 Å². The zero-order chi connectivity index (χ0) is 29.0. The number of nitrogens with zero attached hydrogens (tertiary/aromatic N) is 2. The Kier molecular flexibility index (Phi) is 8.88. The lowest BCUT2D eigenvalue weighted by Crippen LogP contribution is -2.13. The van der Waals surface area contributed by atoms with E-state index in [9.17, 15) is 4.79 Å². The maximum Gasteiger partial charge on any atom is 0.329 e. The fourth-order valence-corrected chi connectivity index (χ4v) is 6.08. The smallest absolute Gasteiger partial charge is 0.329 e. The van der Waals surface area contributed by atoms with E-state index in [4.69, 9.17) is 31.2 Å². The predicted octanol–water partition coefficient (Wildman–Crippen LogP) is 8.00. The van der Waals surface area contributed by atoms with E-state index in [2.05, 4.69) is 43.5 Å². The van der Waals surface area contributed by atoms with Crippen LogP contribution in [0.4, 0.5) is 0 Å². The molecule has 212 valence electrons. The first-order valence-electron chi connectivity index (χ1n) is 13.5. The molecule has 0 bridgehead atoms. The minimum Gasteiger partial charge on any atom is -0.487 e. The predicted molar refractivity (Wildman–Crippen MR) is 166 cm³/mol. The van der Waals surface area contributed by atoms with Gasteiger partial charge < -0.3 is 19.1 Å². The first-order valence-corrected chi connectivity index (χ1v) is 14.7. The Hall–Kier alpha value is -3.52. The largest absolute Gasteiger partial charge is 0.487 e. The molecule has 0 unspecified atom stereocenters. The molecule has 0 aliphatic heterocycles. The van der Waals surface area contributed by atoms with E-state index in [-0.39, 0.29) is 11.4 Å². The van der Waals surface area contributed by atoms with E-state index in [0.29, 0.717) is 31.2 Å². The Morgan fingerprint density at radius 1 is 1.02 bits per heavy atom. The first-order chi connectivity index (χ1) is 19.7. The number of aromatic nitrogens is 2. The van der Waals surface area contributed by atoms with Crippen LogP contribution in [0.1, 0.15) is 37.7 Å². The lowest BCUT2D eigenvalue weighted by Gasteiger charge is -2.19. The summed E-state index contributed by atoms with van der Waals surface area (Å²) in [4.78, 5) is 16.9. The van der Waals surface area contributed by atoms with Gasteiger partial charge in [0.2, 0.25) is 0 Å². The third-order valence-corrected chi connectivity index (χ3v) is 8.03. The van der Waals surface area contributed by atoms with Gasteiger partial charge in [0.05, 0.1) is 17.8 Å². The van der Waals surface area contributed by atoms with Crippen LogP contribution < -0.4 is 4.74 Å². The number of fused-ring (bicyclic) bond motifs is 2. The molecule has 0 saturated heterocycles. The standard InChI is InChI=1S/C33H33ClN2O4S/c1-33(2,3)41-32-27-18-26(40-20-25-13-10-23-6-4-5-7-28(23)35-25)14-15-29(27)36(19-22-8-11-24(34)12-9-22)30(32)16-17-39-21-31(37)38/h4-15,18H,16-17,19-21H2,1-3H3,(H,37,38). The van der Waals surface area contributed by atoms with Crippen molar-refractivity contribution in [2.75, 3.05) is 13.2 Å². The van der Waals surface area contributed by atoms with Gasteiger partial charge in [-0.05, 0) is 48.0 Å². The van der Waals surface area contributed by atoms with Crippen molar-refractivity contribution in [3.8, 4) is 5.75 Å². The maximum absolute atomic E-state index is 11.0. The molecule has 3 aromatic carbocycles. The van der Waals surface area contributed by atoms with Crippen molar-refractivity contribution < 1.29 is 19.4 Å². The van der Waals surface area contributed by atoms with Gasteiger partial charge in [-0.25, -0.2) is 9.78 Å². The molecular formula is C33H33ClN2O4S. The first kappa shape index (κ1) is 29.0. The van der Waals surface area contributed by atoms with E-state index in [1.54, 1.807) is 11.8 Å². The van der Waals surface area contributed by atoms with Crippen molar-refractivity contribution in [1.82, 2.24) is 9.55 Å². The minimum atomic E-state index is -0.973. The number of carboxylic acid groups (broad SMARTS) is 1. The van der Waals surface area contributed by atoms with Crippen molar-refractivity contribution in [2.24, 2.45) is 0 Å². The second-order valence-electron chi connectivity index (χ2n) is 10.9. The molecule has 0 fully saturated rings. The molecule has 5 rings (SSSR count). The highest BCUT2D eigenvalue weighted by Gasteiger charge is 2.23. The third-order valence-electron chi connectivity index (χ3n) is 6.51. The Morgan fingerprint density at radius 3 is 2.56 bits per heavy atom. The summed E-state index contributed by atoms with van der Waals surface area (Å²) in [6, 6.07) is 26.2. The Morgan fingerprint density at radius 2 is 1.80 bits per heavy atom. The van der Waals surface area contributed by atoms with Crippen LogP contribution in [0.25, 0.3) is 21.8 Å². The van der Waals surface area contributed by atoms with E-state index >= 15 is 0 Å². The highest BCUT2D eigenvalue weighted by Crippen LogP contribution is 2.42. The van der Waals surface area contributed by atoms with E-state index in [0.717, 1.165) is 49.4 Å². The molecule has 6 nitrogen and oxygen atoms in total. The summed E-state index contributed by atoms with van der Waals surface area (Å²) in [5.41, 5.74) is 5.12. The summed E-state index contributed by atoms with van der Waals surface area (Å²) in [5.74, 6) is -0.209. The average molecular weight is 589 g/mol. The van der Waals surface area contributed by atoms with Gasteiger partial charge in [-0.2, -0.15) is 0 Å². The molecule has 2 heterocycles. The summed E-state index contributed by atoms with van der Waals surface area (Å²) in [6.45, 7) is 7.56. The van der Waals surface area contributed by atoms with Gasteiger partial charge in [-0.15, -0.1) is 11.8 Å². The molecule has 8 heteroatoms. The molecule has 0 amide bonds. The third kappa shape index (κ3) is 7.41. The van der Waals surface area contributed by atoms with Gasteiger partial charge in [-0.1, -0.05) is 68.8 Å². The molecular weight excluding hydrogens is 556 g/mol. The SMILES string of the molecule is CC(C)(C)Sc1c(CCOCC(=O)O)n(Cc2ccc(Cl)cc2)c2ccc(OCc3ccc4ccccc4n3)cc12. The molecule has 1 N–H and O–H groups in total. The highest BCUT2D eigenvalue weighted by molar-refractivity contribution is 8.00. The van der Waals surface area contributed by atoms with Crippen LogP contribution in [0, 0.1) is 0 Å². The van der Waals surface area contributed by atoms with Crippen LogP contribution in [-0.4, -0.2) is 38.6 Å². The summed E-state index contributed by atoms with van der Waals surface area (Å²) < 4.78 is 14.0. The maximum atomic E-state index is 11.0. The van der Waals surface area contributed by atoms with E-state index < -0.39 is 5.97 Å². The van der Waals surface area contributed by atoms with Gasteiger partial charge in [-0.3, -0.25) is 0 Å². The van der Waals surface area contributed by atoms with Gasteiger partial charge in [0.25, 0.3) is 0 Å². The van der Waals surface area contributed by atoms with Crippen LogP contribution in [0.5, 0.6) is 5.75 Å². The topological polar surface area (TPSA) is 73.6 Å². The highest BCUT2D eigenvalue weighted by atomic mass is 35.5. The summed E-state index contributed by atoms with van der Waals surface area (Å²) in [7, 11) is 0. The summed E-state index contributed by atoms with van der Waals surface area (Å²) in [6.07, 6.45) is 0.575. The lowest BCUT2D eigenvalue weighted by atomic mass is 10.2. The van der Waals surface area contributed by atoms with Crippen molar-refractivity contribution >= 4 is 51.1 Å². The van der Waals surface area contributed by atoms with Crippen molar-refractivity contribution in [3.63, 3.8) is 0 Å². The van der Waals surface area contributed by atoms with Crippen LogP contribution in [0.2, 0.25) is 5.02 Å². The van der Waals surface area contributed by atoms with Crippen molar-refractivity contribution in [1.29, 1.82) is 0 Å². The fraction of sp³-hybridized carbons (Fsp3) is 0.273. The number of rotatable bonds is 11. The number of pyridine rings is 1. The zero-order valence-corrected chi connectivity index (χ0v) is 25.0. The van der Waals surface area contributed by atoms with Crippen LogP contribution in [0.15, 0.2) is 83.8 Å². The number of carbonyl (C=O) groups is 1. The number of para-hydroxylation sites is 1. The van der Waals surface area contributed by atoms with Gasteiger partial charge >= 0.3 is 5.97 Å². The molecule has 0 saturated carbocycles. The fourth-order valence-electron chi connectivity index (χ4n) is 4.74. The molecule has 2 aromatic heterocycles. The summed E-state index contributed by atoms with van der Waals surface area (Å²) in [5, 5.41) is 11.9. The van der Waals surface area contributed by atoms with Crippen LogP contribution >= 0.6 is 23.4 Å². The van der Waals surface area contributed by atoms with Gasteiger partial charge in [0.1, 0.15) is 19.0 Å². The zero-order valence-electron chi connectivity index (χ0n) is 23.4. The second kappa shape index (κ2) is 12.6. The number of hydrogen-bond acceptors (Lipinski definition) is 5. The average Bonchev–Trinajstić information content (AvgIpc) is 3.20. The molecule has 0 aliphatic carbocycles. The normalized spacial score (nSPS) is 11.8. The number of hydrogen-bond donors (Lipinski definition) is 1. The lowest BCUT2D eigenvalue weighted by molar-refractivity contribution is -0.142. The number of benzene rings is 3. The number of carboxylic acids is 1. The number of ether oxygens (including phenoxy) is 2. The molecule has 0 aliphatic rings. The van der Waals surface area contributed by atoms with E-state index in [1.165, 1.54) is 0 Å². The number of thioether (sulfide) groups is 1. The molecule has 0 radical (unpaired) electrons. The summed E-state index contributed by atoms with van der Waals surface area (Å²) >= 11 is 7.95. The van der Waals surface area contributed by atoms with Crippen LogP contribution in [-0.2, 0) is 29.1 Å². The Labute approximate surface area is 249 Å². The number of aliphatic carboxylic acids is 1. The number of halogens is 1. The second-order valence-corrected chi connectivity index (χ2v) is 13.1. The quantitative estimate of drug-likeness (QED) is 0.124.